The van der Waals surface area contributed by atoms with Gasteiger partial charge < -0.3 is 10.4 Å². The van der Waals surface area contributed by atoms with E-state index in [9.17, 15) is 14.3 Å². The molecule has 0 amide bonds. The monoisotopic (exact) mass is 417 g/mol. The minimum Gasteiger partial charge on any atom is -0.476 e. The Hall–Kier alpha value is -2.83. The van der Waals surface area contributed by atoms with Crippen LogP contribution >= 0.6 is 23.2 Å². The highest BCUT2D eigenvalue weighted by Gasteiger charge is 2.28. The maximum atomic E-state index is 13.2. The Labute approximate surface area is 170 Å². The number of carboxylic acid groups (broad SMARTS) is 1. The number of nitrogens with one attached hydrogen (secondary N) is 1. The molecule has 1 aliphatic rings. The molecular formula is C20H14Cl2FN3O2. The number of hydrogen-bond donors (Lipinski definition) is 2. The van der Waals surface area contributed by atoms with E-state index in [2.05, 4.69) is 10.4 Å². The molecule has 1 aromatic heterocycles. The Morgan fingerprint density at radius 1 is 1.21 bits per heavy atom. The number of hydrogen-bond acceptors (Lipinski definition) is 3. The quantitative estimate of drug-likeness (QED) is 0.650. The molecule has 2 N–H and O–H groups in total. The molecule has 0 saturated heterocycles. The van der Waals surface area contributed by atoms with Gasteiger partial charge >= 0.3 is 5.97 Å². The Morgan fingerprint density at radius 2 is 1.96 bits per heavy atom. The van der Waals surface area contributed by atoms with Crippen LogP contribution in [0.5, 0.6) is 0 Å². The van der Waals surface area contributed by atoms with Crippen molar-refractivity contribution in [3.63, 3.8) is 0 Å². The van der Waals surface area contributed by atoms with Crippen LogP contribution in [0.2, 0.25) is 10.0 Å². The third-order valence-electron chi connectivity index (χ3n) is 4.45. The van der Waals surface area contributed by atoms with Gasteiger partial charge in [-0.05, 0) is 48.4 Å². The van der Waals surface area contributed by atoms with Gasteiger partial charge in [0.15, 0.2) is 5.69 Å². The van der Waals surface area contributed by atoms with Crippen molar-refractivity contribution in [2.24, 2.45) is 0 Å². The number of carbonyl (C=O) groups is 1. The predicted octanol–water partition coefficient (Wildman–Crippen LogP) is 4.66. The molecule has 28 heavy (non-hydrogen) atoms. The summed E-state index contributed by atoms with van der Waals surface area (Å²) in [4.78, 5) is 11.7. The SMILES string of the molecule is O=C(O)c1nn(-c2ccc(Cl)cc2Cl)c2c1CCNC2=Cc1ccc(F)cc1. The summed E-state index contributed by atoms with van der Waals surface area (Å²) in [6, 6.07) is 11.0. The maximum Gasteiger partial charge on any atom is 0.356 e. The van der Waals surface area contributed by atoms with Gasteiger partial charge in [0.25, 0.3) is 0 Å². The molecule has 3 aromatic rings. The highest BCUT2D eigenvalue weighted by Crippen LogP contribution is 2.32. The first-order chi connectivity index (χ1) is 13.4. The van der Waals surface area contributed by atoms with E-state index in [0.29, 0.717) is 45.7 Å². The summed E-state index contributed by atoms with van der Waals surface area (Å²) < 4.78 is 14.7. The number of aromatic nitrogens is 2. The Balaban J connectivity index is 1.94. The van der Waals surface area contributed by atoms with Crippen LogP contribution in [0.4, 0.5) is 4.39 Å². The van der Waals surface area contributed by atoms with Crippen molar-refractivity contribution < 1.29 is 14.3 Å². The van der Waals surface area contributed by atoms with Crippen molar-refractivity contribution >= 4 is 40.9 Å². The number of fused-ring (bicyclic) bond motifs is 1. The largest absolute Gasteiger partial charge is 0.476 e. The van der Waals surface area contributed by atoms with Crippen LogP contribution in [-0.2, 0) is 6.42 Å². The predicted molar refractivity (Wildman–Crippen MR) is 107 cm³/mol. The highest BCUT2D eigenvalue weighted by molar-refractivity contribution is 6.35. The van der Waals surface area contributed by atoms with E-state index < -0.39 is 5.97 Å². The molecule has 0 fully saturated rings. The normalized spacial score (nSPS) is 14.6. The van der Waals surface area contributed by atoms with Crippen LogP contribution in [0.1, 0.15) is 27.3 Å². The summed E-state index contributed by atoms with van der Waals surface area (Å²) in [6.07, 6.45) is 2.33. The topological polar surface area (TPSA) is 67.1 Å². The van der Waals surface area contributed by atoms with E-state index in [4.69, 9.17) is 23.2 Å². The minimum absolute atomic E-state index is 0.0208. The number of halogens is 3. The molecule has 142 valence electrons. The minimum atomic E-state index is -1.11. The average molecular weight is 418 g/mol. The van der Waals surface area contributed by atoms with Gasteiger partial charge in [0.05, 0.1) is 22.1 Å². The fourth-order valence-electron chi connectivity index (χ4n) is 3.21. The standard InChI is InChI=1S/C20H14Cl2FN3O2/c21-12-3-6-17(15(22)10-12)26-19-14(18(25-26)20(27)28)7-8-24-16(19)9-11-1-4-13(23)5-2-11/h1-6,9-10,24H,7-8H2,(H,27,28). The fraction of sp³-hybridized carbons (Fsp3) is 0.100. The van der Waals surface area contributed by atoms with Gasteiger partial charge in [-0.1, -0.05) is 35.3 Å². The van der Waals surface area contributed by atoms with Gasteiger partial charge in [-0.25, -0.2) is 13.9 Å². The summed E-state index contributed by atoms with van der Waals surface area (Å²) in [5.74, 6) is -1.44. The van der Waals surface area contributed by atoms with Crippen LogP contribution in [0.3, 0.4) is 0 Å². The molecule has 0 saturated carbocycles. The molecule has 2 aromatic carbocycles. The van der Waals surface area contributed by atoms with Gasteiger partial charge in [-0.2, -0.15) is 5.10 Å². The summed E-state index contributed by atoms with van der Waals surface area (Å²) in [7, 11) is 0. The van der Waals surface area contributed by atoms with Crippen molar-refractivity contribution in [3.05, 3.63) is 80.8 Å². The zero-order valence-electron chi connectivity index (χ0n) is 14.4. The van der Waals surface area contributed by atoms with Crippen molar-refractivity contribution in [1.29, 1.82) is 0 Å². The second-order valence-electron chi connectivity index (χ2n) is 6.27. The van der Waals surface area contributed by atoms with Crippen LogP contribution in [0.25, 0.3) is 17.5 Å². The molecule has 4 rings (SSSR count). The van der Waals surface area contributed by atoms with E-state index in [1.807, 2.05) is 6.08 Å². The number of benzene rings is 2. The van der Waals surface area contributed by atoms with E-state index in [-0.39, 0.29) is 11.5 Å². The zero-order valence-corrected chi connectivity index (χ0v) is 15.9. The molecule has 8 heteroatoms. The molecule has 0 unspecified atom stereocenters. The van der Waals surface area contributed by atoms with Gasteiger partial charge in [0, 0.05) is 17.1 Å². The Kier molecular flexibility index (Phi) is 4.83. The van der Waals surface area contributed by atoms with Gasteiger partial charge in [0.1, 0.15) is 5.82 Å². The first kappa shape index (κ1) is 18.5. The molecule has 2 heterocycles. The first-order valence-electron chi connectivity index (χ1n) is 8.46. The summed E-state index contributed by atoms with van der Waals surface area (Å²) >= 11 is 12.3. The van der Waals surface area contributed by atoms with Crippen molar-refractivity contribution in [2.75, 3.05) is 6.54 Å². The molecule has 1 aliphatic heterocycles. The molecule has 0 atom stereocenters. The molecule has 5 nitrogen and oxygen atoms in total. The van der Waals surface area contributed by atoms with Crippen LogP contribution in [0.15, 0.2) is 42.5 Å². The molecular weight excluding hydrogens is 404 g/mol. The number of aromatic carboxylic acids is 1. The summed E-state index contributed by atoms with van der Waals surface area (Å²) in [5, 5.41) is 18.0. The number of carboxylic acids is 1. The maximum absolute atomic E-state index is 13.2. The number of rotatable bonds is 3. The van der Waals surface area contributed by atoms with E-state index in [1.165, 1.54) is 16.8 Å². The summed E-state index contributed by atoms with van der Waals surface area (Å²) in [5.41, 5.74) is 3.17. The highest BCUT2D eigenvalue weighted by atomic mass is 35.5. The molecule has 0 radical (unpaired) electrons. The fourth-order valence-corrected chi connectivity index (χ4v) is 3.70. The lowest BCUT2D eigenvalue weighted by atomic mass is 10.0. The second-order valence-corrected chi connectivity index (χ2v) is 7.12. The smallest absolute Gasteiger partial charge is 0.356 e. The van der Waals surface area contributed by atoms with Gasteiger partial charge in [-0.3, -0.25) is 0 Å². The molecule has 0 bridgehead atoms. The van der Waals surface area contributed by atoms with E-state index in [0.717, 1.165) is 5.56 Å². The van der Waals surface area contributed by atoms with Crippen LogP contribution < -0.4 is 5.32 Å². The zero-order chi connectivity index (χ0) is 19.8. The average Bonchev–Trinajstić information content (AvgIpc) is 3.04. The first-order valence-corrected chi connectivity index (χ1v) is 9.22. The van der Waals surface area contributed by atoms with Crippen LogP contribution in [0, 0.1) is 5.82 Å². The number of nitrogens with zero attached hydrogens (tertiary/aromatic N) is 2. The summed E-state index contributed by atoms with van der Waals surface area (Å²) in [6.45, 7) is 0.556. The molecule has 0 aliphatic carbocycles. The van der Waals surface area contributed by atoms with Crippen molar-refractivity contribution in [1.82, 2.24) is 15.1 Å². The van der Waals surface area contributed by atoms with Crippen molar-refractivity contribution in [2.45, 2.75) is 6.42 Å². The van der Waals surface area contributed by atoms with Gasteiger partial charge in [0.2, 0.25) is 0 Å². The second kappa shape index (κ2) is 7.30. The van der Waals surface area contributed by atoms with E-state index in [1.54, 1.807) is 30.3 Å². The third-order valence-corrected chi connectivity index (χ3v) is 4.99. The van der Waals surface area contributed by atoms with Gasteiger partial charge in [-0.15, -0.1) is 0 Å². The lowest BCUT2D eigenvalue weighted by molar-refractivity contribution is 0.0689. The van der Waals surface area contributed by atoms with Crippen molar-refractivity contribution in [3.8, 4) is 5.69 Å². The third kappa shape index (κ3) is 3.37. The lowest BCUT2D eigenvalue weighted by Gasteiger charge is -2.20. The van der Waals surface area contributed by atoms with E-state index >= 15 is 0 Å². The van der Waals surface area contributed by atoms with Crippen LogP contribution in [-0.4, -0.2) is 27.4 Å². The Morgan fingerprint density at radius 3 is 2.64 bits per heavy atom. The lowest BCUT2D eigenvalue weighted by Crippen LogP contribution is -2.24. The molecule has 0 spiro atoms. The Bertz CT molecular complexity index is 1110.